The van der Waals surface area contributed by atoms with Crippen LogP contribution >= 0.6 is 11.6 Å². The van der Waals surface area contributed by atoms with E-state index in [1.54, 1.807) is 0 Å². The third kappa shape index (κ3) is 5.17. The molecule has 1 heterocycles. The van der Waals surface area contributed by atoms with Crippen LogP contribution in [0.15, 0.2) is 54.6 Å². The summed E-state index contributed by atoms with van der Waals surface area (Å²) in [5.74, 6) is 1.51. The van der Waals surface area contributed by atoms with Crippen molar-refractivity contribution in [3.05, 3.63) is 70.9 Å². The van der Waals surface area contributed by atoms with Gasteiger partial charge in [0, 0.05) is 41.2 Å². The third-order valence-corrected chi connectivity index (χ3v) is 6.87. The fourth-order valence-electron chi connectivity index (χ4n) is 4.73. The Morgan fingerprint density at radius 1 is 0.971 bits per heavy atom. The minimum atomic E-state index is -0.502. The Morgan fingerprint density at radius 2 is 1.59 bits per heavy atom. The molecule has 2 aromatic carbocycles. The van der Waals surface area contributed by atoms with Crippen LogP contribution in [-0.2, 0) is 10.2 Å². The molecule has 7 heteroatoms. The average Bonchev–Trinajstić information content (AvgIpc) is 3.33. The van der Waals surface area contributed by atoms with Crippen molar-refractivity contribution in [2.24, 2.45) is 0 Å². The van der Waals surface area contributed by atoms with Crippen LogP contribution in [-0.4, -0.2) is 29.0 Å². The van der Waals surface area contributed by atoms with Crippen LogP contribution in [0.25, 0.3) is 0 Å². The number of aryl methyl sites for hydroxylation is 1. The Morgan fingerprint density at radius 3 is 2.21 bits per heavy atom. The molecule has 1 amide bonds. The van der Waals surface area contributed by atoms with Gasteiger partial charge in [-0.25, -0.2) is 4.98 Å². The van der Waals surface area contributed by atoms with Gasteiger partial charge in [-0.15, -0.1) is 0 Å². The first-order chi connectivity index (χ1) is 16.4. The number of hydrogen-bond donors (Lipinski definition) is 2. The molecule has 34 heavy (non-hydrogen) atoms. The van der Waals surface area contributed by atoms with Crippen LogP contribution in [0, 0.1) is 6.92 Å². The van der Waals surface area contributed by atoms with E-state index >= 15 is 0 Å². The lowest BCUT2D eigenvalue weighted by Gasteiger charge is -2.28. The van der Waals surface area contributed by atoms with Crippen LogP contribution in [0.2, 0.25) is 5.02 Å². The van der Waals surface area contributed by atoms with Gasteiger partial charge in [0.25, 0.3) is 0 Å². The first-order valence-corrected chi connectivity index (χ1v) is 12.4. The van der Waals surface area contributed by atoms with Crippen LogP contribution in [0.1, 0.15) is 50.8 Å². The molecule has 1 aromatic heterocycles. The van der Waals surface area contributed by atoms with Crippen molar-refractivity contribution in [3.8, 4) is 0 Å². The second-order valence-electron chi connectivity index (χ2n) is 8.82. The highest BCUT2D eigenvalue weighted by atomic mass is 35.5. The van der Waals surface area contributed by atoms with E-state index in [-0.39, 0.29) is 5.91 Å². The second kappa shape index (κ2) is 10.4. The zero-order chi connectivity index (χ0) is 24.1. The fraction of sp³-hybridized carbons (Fsp3) is 0.370. The van der Waals surface area contributed by atoms with Crippen molar-refractivity contribution < 1.29 is 4.79 Å². The van der Waals surface area contributed by atoms with Gasteiger partial charge in [0.05, 0.1) is 5.41 Å². The number of carbonyl (C=O) groups excluding carboxylic acids is 1. The summed E-state index contributed by atoms with van der Waals surface area (Å²) in [5.41, 5.74) is 3.07. The van der Waals surface area contributed by atoms with E-state index in [1.807, 2.05) is 61.5 Å². The summed E-state index contributed by atoms with van der Waals surface area (Å²) in [5, 5.41) is 7.11. The Kier molecular flexibility index (Phi) is 7.37. The lowest BCUT2D eigenvalue weighted by molar-refractivity contribution is -0.121. The molecular weight excluding hydrogens is 446 g/mol. The van der Waals surface area contributed by atoms with E-state index in [1.165, 1.54) is 0 Å². The number of halogens is 1. The number of rotatable bonds is 8. The molecule has 1 saturated carbocycles. The van der Waals surface area contributed by atoms with Gasteiger partial charge in [0.2, 0.25) is 11.9 Å². The SMILES string of the molecule is CCN(CC)c1cc(C)nc(Nc2ccc(NC(=O)C3(c4ccc(Cl)cc4)CCCC3)cc2)n1. The molecule has 3 aromatic rings. The third-order valence-electron chi connectivity index (χ3n) is 6.62. The fourth-order valence-corrected chi connectivity index (χ4v) is 4.85. The van der Waals surface area contributed by atoms with E-state index in [0.29, 0.717) is 11.0 Å². The molecule has 1 aliphatic rings. The highest BCUT2D eigenvalue weighted by Crippen LogP contribution is 2.42. The lowest BCUT2D eigenvalue weighted by Crippen LogP contribution is -2.37. The number of nitrogens with zero attached hydrogens (tertiary/aromatic N) is 3. The maximum atomic E-state index is 13.4. The van der Waals surface area contributed by atoms with E-state index in [4.69, 9.17) is 11.6 Å². The number of anilines is 4. The molecule has 0 saturated heterocycles. The normalized spacial score (nSPS) is 14.6. The van der Waals surface area contributed by atoms with Crippen molar-refractivity contribution in [1.82, 2.24) is 9.97 Å². The molecule has 4 rings (SSSR count). The summed E-state index contributed by atoms with van der Waals surface area (Å²) in [7, 11) is 0. The zero-order valence-corrected chi connectivity index (χ0v) is 20.8. The van der Waals surface area contributed by atoms with E-state index in [2.05, 4.69) is 39.3 Å². The number of hydrogen-bond acceptors (Lipinski definition) is 5. The molecular formula is C27H32ClN5O. The maximum Gasteiger partial charge on any atom is 0.235 e. The van der Waals surface area contributed by atoms with Crippen molar-refractivity contribution >= 4 is 40.6 Å². The Balaban J connectivity index is 1.48. The van der Waals surface area contributed by atoms with E-state index in [9.17, 15) is 4.79 Å². The largest absolute Gasteiger partial charge is 0.357 e. The van der Waals surface area contributed by atoms with Gasteiger partial charge in [-0.1, -0.05) is 36.6 Å². The van der Waals surface area contributed by atoms with Crippen molar-refractivity contribution in [2.75, 3.05) is 28.6 Å². The van der Waals surface area contributed by atoms with Gasteiger partial charge in [0.15, 0.2) is 0 Å². The maximum absolute atomic E-state index is 13.4. The lowest BCUT2D eigenvalue weighted by atomic mass is 9.78. The molecule has 0 radical (unpaired) electrons. The van der Waals surface area contributed by atoms with E-state index < -0.39 is 5.41 Å². The predicted octanol–water partition coefficient (Wildman–Crippen LogP) is 6.48. The molecule has 1 aliphatic carbocycles. The van der Waals surface area contributed by atoms with Gasteiger partial charge < -0.3 is 15.5 Å². The smallest absolute Gasteiger partial charge is 0.235 e. The van der Waals surface area contributed by atoms with Crippen LogP contribution in [0.5, 0.6) is 0 Å². The number of aromatic nitrogens is 2. The molecule has 0 aliphatic heterocycles. The molecule has 6 nitrogen and oxygen atoms in total. The first-order valence-electron chi connectivity index (χ1n) is 12.0. The van der Waals surface area contributed by atoms with Crippen molar-refractivity contribution in [3.63, 3.8) is 0 Å². The summed E-state index contributed by atoms with van der Waals surface area (Å²) in [6.07, 6.45) is 3.79. The second-order valence-corrected chi connectivity index (χ2v) is 9.25. The summed E-state index contributed by atoms with van der Waals surface area (Å²) in [6, 6.07) is 17.4. The molecule has 1 fully saturated rings. The van der Waals surface area contributed by atoms with E-state index in [0.717, 1.165) is 67.2 Å². The van der Waals surface area contributed by atoms with Gasteiger partial charge in [-0.05, 0) is 75.6 Å². The Labute approximate surface area is 206 Å². The minimum Gasteiger partial charge on any atom is -0.357 e. The minimum absolute atomic E-state index is 0.0407. The van der Waals surface area contributed by atoms with Gasteiger partial charge >= 0.3 is 0 Å². The topological polar surface area (TPSA) is 70.2 Å². The zero-order valence-electron chi connectivity index (χ0n) is 20.1. The van der Waals surface area contributed by atoms with Crippen molar-refractivity contribution in [2.45, 2.75) is 51.9 Å². The van der Waals surface area contributed by atoms with Crippen LogP contribution in [0.3, 0.4) is 0 Å². The molecule has 0 spiro atoms. The molecule has 2 N–H and O–H groups in total. The quantitative estimate of drug-likeness (QED) is 0.388. The average molecular weight is 478 g/mol. The Hall–Kier alpha value is -3.12. The van der Waals surface area contributed by atoms with Gasteiger partial charge in [-0.2, -0.15) is 4.98 Å². The predicted molar refractivity (Wildman–Crippen MR) is 140 cm³/mol. The van der Waals surface area contributed by atoms with Crippen LogP contribution in [0.4, 0.5) is 23.1 Å². The monoisotopic (exact) mass is 477 g/mol. The first kappa shape index (κ1) is 24.0. The summed E-state index contributed by atoms with van der Waals surface area (Å²) in [6.45, 7) is 7.97. The number of amides is 1. The molecule has 0 unspecified atom stereocenters. The summed E-state index contributed by atoms with van der Waals surface area (Å²) >= 11 is 6.08. The van der Waals surface area contributed by atoms with Gasteiger partial charge in [0.1, 0.15) is 5.82 Å². The summed E-state index contributed by atoms with van der Waals surface area (Å²) in [4.78, 5) is 24.8. The Bertz CT molecular complexity index is 1120. The summed E-state index contributed by atoms with van der Waals surface area (Å²) < 4.78 is 0. The van der Waals surface area contributed by atoms with Gasteiger partial charge in [-0.3, -0.25) is 4.79 Å². The number of carbonyl (C=O) groups is 1. The molecule has 178 valence electrons. The standard InChI is InChI=1S/C27H32ClN5O/c1-4-33(5-2)24-18-19(3)29-26(32-24)31-23-14-12-22(13-15-23)30-25(34)27(16-6-7-17-27)20-8-10-21(28)11-9-20/h8-15,18H,4-7,16-17H2,1-3H3,(H,30,34)(H,29,31,32). The highest BCUT2D eigenvalue weighted by molar-refractivity contribution is 6.30. The molecule has 0 atom stereocenters. The van der Waals surface area contributed by atoms with Crippen LogP contribution < -0.4 is 15.5 Å². The molecule has 0 bridgehead atoms. The van der Waals surface area contributed by atoms with Crippen molar-refractivity contribution in [1.29, 1.82) is 0 Å². The number of nitrogens with one attached hydrogen (secondary N) is 2. The number of benzene rings is 2. The highest BCUT2D eigenvalue weighted by Gasteiger charge is 2.42.